The summed E-state index contributed by atoms with van der Waals surface area (Å²) in [7, 11) is -3.04. The van der Waals surface area contributed by atoms with Crippen LogP contribution in [0.4, 0.5) is 0 Å². The smallest absolute Gasteiger partial charge is 0.223 e. The van der Waals surface area contributed by atoms with E-state index in [1.54, 1.807) is 0 Å². The van der Waals surface area contributed by atoms with Crippen molar-refractivity contribution in [3.63, 3.8) is 0 Å². The Hall–Kier alpha value is -1.36. The van der Waals surface area contributed by atoms with Crippen LogP contribution in [-0.2, 0) is 21.1 Å². The standard InChI is InChI=1S/C19H27NO3S/c1-3-6-17-16-8-5-4-7-15(16)9-12-20(17)18(21)13-19(10-11-19)14-24(2,22)23/h4-5,7-8,17H,3,6,9-14H2,1-2H3/t17-/m0/s1. The molecule has 1 amide bonds. The monoisotopic (exact) mass is 349 g/mol. The van der Waals surface area contributed by atoms with E-state index in [2.05, 4.69) is 25.1 Å². The molecule has 0 radical (unpaired) electrons. The summed E-state index contributed by atoms with van der Waals surface area (Å²) < 4.78 is 23.3. The number of hydrogen-bond donors (Lipinski definition) is 0. The number of carbonyl (C=O) groups excluding carboxylic acids is 1. The highest BCUT2D eigenvalue weighted by molar-refractivity contribution is 7.90. The van der Waals surface area contributed by atoms with Gasteiger partial charge in [0.25, 0.3) is 0 Å². The minimum Gasteiger partial charge on any atom is -0.335 e. The van der Waals surface area contributed by atoms with Gasteiger partial charge in [-0.05, 0) is 42.2 Å². The zero-order chi connectivity index (χ0) is 17.4. The first-order chi connectivity index (χ1) is 11.3. The van der Waals surface area contributed by atoms with Gasteiger partial charge in [-0.2, -0.15) is 0 Å². The lowest BCUT2D eigenvalue weighted by atomic mass is 9.89. The molecular formula is C19H27NO3S. The van der Waals surface area contributed by atoms with Crippen molar-refractivity contribution in [1.29, 1.82) is 0 Å². The summed E-state index contributed by atoms with van der Waals surface area (Å²) in [6.45, 7) is 2.89. The van der Waals surface area contributed by atoms with Gasteiger partial charge < -0.3 is 4.90 Å². The average Bonchev–Trinajstić information content (AvgIpc) is 3.24. The van der Waals surface area contributed by atoms with Crippen LogP contribution in [0.15, 0.2) is 24.3 Å². The van der Waals surface area contributed by atoms with Gasteiger partial charge in [-0.1, -0.05) is 37.6 Å². The molecule has 1 aromatic rings. The van der Waals surface area contributed by atoms with Gasteiger partial charge in [-0.15, -0.1) is 0 Å². The Kier molecular flexibility index (Phi) is 4.73. The molecule has 1 aromatic carbocycles. The van der Waals surface area contributed by atoms with Crippen molar-refractivity contribution in [2.45, 2.75) is 51.5 Å². The predicted molar refractivity (Wildman–Crippen MR) is 95.5 cm³/mol. The molecule has 1 heterocycles. The molecule has 1 fully saturated rings. The molecule has 1 atom stereocenters. The fourth-order valence-corrected chi connectivity index (χ4v) is 5.57. The van der Waals surface area contributed by atoms with Gasteiger partial charge in [0.05, 0.1) is 11.8 Å². The van der Waals surface area contributed by atoms with E-state index in [-0.39, 0.29) is 23.1 Å². The number of nitrogens with zero attached hydrogens (tertiary/aromatic N) is 1. The SMILES string of the molecule is CCC[C@H]1c2ccccc2CCN1C(=O)CC1(CS(C)(=O)=O)CC1. The minimum absolute atomic E-state index is 0.129. The molecule has 0 spiro atoms. The lowest BCUT2D eigenvalue weighted by Crippen LogP contribution is -2.41. The summed E-state index contributed by atoms with van der Waals surface area (Å²) in [5.41, 5.74) is 2.32. The number of carbonyl (C=O) groups is 1. The molecule has 1 saturated carbocycles. The molecule has 132 valence electrons. The zero-order valence-corrected chi connectivity index (χ0v) is 15.4. The topological polar surface area (TPSA) is 54.5 Å². The van der Waals surface area contributed by atoms with E-state index in [0.717, 1.165) is 38.6 Å². The van der Waals surface area contributed by atoms with Crippen LogP contribution in [0.25, 0.3) is 0 Å². The Balaban J connectivity index is 1.77. The third-order valence-corrected chi connectivity index (χ3v) is 6.48. The number of hydrogen-bond acceptors (Lipinski definition) is 3. The van der Waals surface area contributed by atoms with Crippen LogP contribution in [0.3, 0.4) is 0 Å². The molecular weight excluding hydrogens is 322 g/mol. The Bertz CT molecular complexity index is 722. The predicted octanol–water partition coefficient (Wildman–Crippen LogP) is 3.13. The van der Waals surface area contributed by atoms with Crippen LogP contribution in [0, 0.1) is 5.41 Å². The van der Waals surface area contributed by atoms with Crippen molar-refractivity contribution >= 4 is 15.7 Å². The quantitative estimate of drug-likeness (QED) is 0.793. The van der Waals surface area contributed by atoms with Gasteiger partial charge in [0.2, 0.25) is 5.91 Å². The molecule has 0 saturated heterocycles. The van der Waals surface area contributed by atoms with Gasteiger partial charge in [-0.3, -0.25) is 4.79 Å². The van der Waals surface area contributed by atoms with Crippen molar-refractivity contribution in [3.05, 3.63) is 35.4 Å². The molecule has 5 heteroatoms. The number of fused-ring (bicyclic) bond motifs is 1. The Labute approximate surface area is 145 Å². The van der Waals surface area contributed by atoms with Crippen molar-refractivity contribution in [3.8, 4) is 0 Å². The lowest BCUT2D eigenvalue weighted by Gasteiger charge is -2.38. The molecule has 24 heavy (non-hydrogen) atoms. The summed E-state index contributed by atoms with van der Waals surface area (Å²) in [5.74, 6) is 0.276. The zero-order valence-electron chi connectivity index (χ0n) is 14.6. The molecule has 0 N–H and O–H groups in total. The lowest BCUT2D eigenvalue weighted by molar-refractivity contribution is -0.135. The first kappa shape index (κ1) is 17.5. The summed E-state index contributed by atoms with van der Waals surface area (Å²) in [4.78, 5) is 15.0. The highest BCUT2D eigenvalue weighted by atomic mass is 32.2. The van der Waals surface area contributed by atoms with Crippen LogP contribution in [-0.4, -0.2) is 37.8 Å². The second kappa shape index (κ2) is 6.51. The largest absolute Gasteiger partial charge is 0.335 e. The minimum atomic E-state index is -3.04. The van der Waals surface area contributed by atoms with Gasteiger partial charge in [0, 0.05) is 19.2 Å². The molecule has 0 bridgehead atoms. The highest BCUT2D eigenvalue weighted by Crippen LogP contribution is 2.50. The fourth-order valence-electron chi connectivity index (χ4n) is 4.06. The van der Waals surface area contributed by atoms with Crippen LogP contribution in [0.5, 0.6) is 0 Å². The Morgan fingerprint density at radius 1 is 1.29 bits per heavy atom. The fraction of sp³-hybridized carbons (Fsp3) is 0.632. The average molecular weight is 349 g/mol. The molecule has 3 rings (SSSR count). The van der Waals surface area contributed by atoms with E-state index in [0.29, 0.717) is 6.42 Å². The van der Waals surface area contributed by atoms with Crippen molar-refractivity contribution < 1.29 is 13.2 Å². The molecule has 4 nitrogen and oxygen atoms in total. The summed E-state index contributed by atoms with van der Waals surface area (Å²) in [6, 6.07) is 8.54. The molecule has 2 aliphatic rings. The van der Waals surface area contributed by atoms with Gasteiger partial charge in [0.1, 0.15) is 9.84 Å². The van der Waals surface area contributed by atoms with E-state index >= 15 is 0 Å². The van der Waals surface area contributed by atoms with Gasteiger partial charge >= 0.3 is 0 Å². The van der Waals surface area contributed by atoms with Crippen LogP contribution >= 0.6 is 0 Å². The number of amides is 1. The van der Waals surface area contributed by atoms with Gasteiger partial charge in [0.15, 0.2) is 0 Å². The second-order valence-corrected chi connectivity index (χ2v) is 9.73. The maximum Gasteiger partial charge on any atom is 0.223 e. The Morgan fingerprint density at radius 2 is 2.00 bits per heavy atom. The highest BCUT2D eigenvalue weighted by Gasteiger charge is 2.48. The molecule has 1 aliphatic carbocycles. The third-order valence-electron chi connectivity index (χ3n) is 5.35. The first-order valence-corrected chi connectivity index (χ1v) is 10.9. The van der Waals surface area contributed by atoms with Crippen molar-refractivity contribution in [1.82, 2.24) is 4.90 Å². The van der Waals surface area contributed by atoms with E-state index < -0.39 is 9.84 Å². The van der Waals surface area contributed by atoms with Crippen molar-refractivity contribution in [2.24, 2.45) is 5.41 Å². The Morgan fingerprint density at radius 3 is 2.62 bits per heavy atom. The maximum atomic E-state index is 13.0. The summed E-state index contributed by atoms with van der Waals surface area (Å²) >= 11 is 0. The molecule has 1 aliphatic heterocycles. The summed E-state index contributed by atoms with van der Waals surface area (Å²) in [5, 5.41) is 0. The second-order valence-electron chi connectivity index (χ2n) is 7.59. The van der Waals surface area contributed by atoms with Crippen molar-refractivity contribution in [2.75, 3.05) is 18.6 Å². The van der Waals surface area contributed by atoms with Crippen LogP contribution in [0.1, 0.15) is 56.2 Å². The number of sulfone groups is 1. The number of benzene rings is 1. The molecule has 0 aromatic heterocycles. The van der Waals surface area contributed by atoms with E-state index in [4.69, 9.17) is 0 Å². The first-order valence-electron chi connectivity index (χ1n) is 8.89. The van der Waals surface area contributed by atoms with E-state index in [9.17, 15) is 13.2 Å². The van der Waals surface area contributed by atoms with Crippen LogP contribution < -0.4 is 0 Å². The third kappa shape index (κ3) is 3.82. The summed E-state index contributed by atoms with van der Waals surface area (Å²) in [6.07, 6.45) is 6.24. The van der Waals surface area contributed by atoms with E-state index in [1.807, 2.05) is 11.0 Å². The van der Waals surface area contributed by atoms with Gasteiger partial charge in [-0.25, -0.2) is 8.42 Å². The van der Waals surface area contributed by atoms with Crippen LogP contribution in [0.2, 0.25) is 0 Å². The molecule has 0 unspecified atom stereocenters. The maximum absolute atomic E-state index is 13.0. The normalized spacial score (nSPS) is 22.1. The number of rotatable bonds is 6. The van der Waals surface area contributed by atoms with E-state index in [1.165, 1.54) is 17.4 Å².